The van der Waals surface area contributed by atoms with Crippen LogP contribution in [0.5, 0.6) is 0 Å². The highest BCUT2D eigenvalue weighted by Crippen LogP contribution is 2.09. The number of unbranched alkanes of at least 4 members (excludes halogenated alkanes) is 10. The van der Waals surface area contributed by atoms with E-state index in [-0.39, 0.29) is 25.2 Å². The Hall–Kier alpha value is -2.40. The standard InChI is InChI=1S/C39H66O5/c1-4-7-10-13-15-16-17-18-19-20-21-22-23-24-25-27-29-32-38(40)43-36-37(35-42-34-31-28-14-11-8-5-2)44-39(41)33-30-26-12-9-6-3/h7,10,15-16,18-19,21-22,24-25,37H,4-6,8-9,11-14,17,20,23,26-36H2,1-3H3/b10-7-,16-15-,19-18-,22-21-,25-24-. The molecule has 5 nitrogen and oxygen atoms in total. The van der Waals surface area contributed by atoms with Crippen LogP contribution in [0.2, 0.25) is 0 Å². The number of rotatable bonds is 31. The van der Waals surface area contributed by atoms with Gasteiger partial charge in [0, 0.05) is 19.4 Å². The van der Waals surface area contributed by atoms with E-state index in [0.29, 0.717) is 19.4 Å². The molecule has 0 radical (unpaired) electrons. The zero-order valence-corrected chi connectivity index (χ0v) is 28.7. The third-order valence-electron chi connectivity index (χ3n) is 7.07. The lowest BCUT2D eigenvalue weighted by Gasteiger charge is -2.18. The summed E-state index contributed by atoms with van der Waals surface area (Å²) in [6, 6.07) is 0. The van der Waals surface area contributed by atoms with E-state index >= 15 is 0 Å². The first-order chi connectivity index (χ1) is 21.6. The Labute approximate surface area is 271 Å². The highest BCUT2D eigenvalue weighted by Gasteiger charge is 2.17. The Morgan fingerprint density at radius 1 is 0.523 bits per heavy atom. The Balaban J connectivity index is 4.18. The van der Waals surface area contributed by atoms with Crippen molar-refractivity contribution in [3.8, 4) is 0 Å². The summed E-state index contributed by atoms with van der Waals surface area (Å²) in [7, 11) is 0. The molecular weight excluding hydrogens is 548 g/mol. The second-order valence-electron chi connectivity index (χ2n) is 11.4. The molecule has 0 aromatic heterocycles. The van der Waals surface area contributed by atoms with E-state index in [0.717, 1.165) is 77.0 Å². The maximum atomic E-state index is 12.4. The zero-order valence-electron chi connectivity index (χ0n) is 28.7. The summed E-state index contributed by atoms with van der Waals surface area (Å²) in [5, 5.41) is 0. The molecule has 0 aromatic rings. The number of carbonyl (C=O) groups is 2. The fourth-order valence-corrected chi connectivity index (χ4v) is 4.42. The normalized spacial score (nSPS) is 12.9. The Morgan fingerprint density at radius 3 is 1.61 bits per heavy atom. The first-order valence-corrected chi connectivity index (χ1v) is 17.8. The Kier molecular flexibility index (Phi) is 33.2. The van der Waals surface area contributed by atoms with Crippen LogP contribution in [0.4, 0.5) is 0 Å². The molecular formula is C39H66O5. The minimum Gasteiger partial charge on any atom is -0.462 e. The minimum atomic E-state index is -0.548. The zero-order chi connectivity index (χ0) is 32.2. The molecule has 0 rings (SSSR count). The number of ether oxygens (including phenoxy) is 3. The molecule has 44 heavy (non-hydrogen) atoms. The third kappa shape index (κ3) is 32.5. The van der Waals surface area contributed by atoms with Crippen LogP contribution < -0.4 is 0 Å². The monoisotopic (exact) mass is 614 g/mol. The van der Waals surface area contributed by atoms with E-state index < -0.39 is 6.10 Å². The van der Waals surface area contributed by atoms with Crippen LogP contribution in [0.3, 0.4) is 0 Å². The second-order valence-corrected chi connectivity index (χ2v) is 11.4. The van der Waals surface area contributed by atoms with Gasteiger partial charge in [-0.25, -0.2) is 0 Å². The lowest BCUT2D eigenvalue weighted by molar-refractivity contribution is -0.163. The molecule has 5 heteroatoms. The number of esters is 2. The van der Waals surface area contributed by atoms with Crippen molar-refractivity contribution in [2.75, 3.05) is 19.8 Å². The maximum absolute atomic E-state index is 12.4. The molecule has 0 aromatic carbocycles. The summed E-state index contributed by atoms with van der Waals surface area (Å²) < 4.78 is 16.9. The fourth-order valence-electron chi connectivity index (χ4n) is 4.42. The van der Waals surface area contributed by atoms with Gasteiger partial charge in [0.25, 0.3) is 0 Å². The van der Waals surface area contributed by atoms with Crippen molar-refractivity contribution in [1.29, 1.82) is 0 Å². The van der Waals surface area contributed by atoms with Crippen LogP contribution in [0, 0.1) is 0 Å². The molecule has 0 spiro atoms. The largest absolute Gasteiger partial charge is 0.462 e. The van der Waals surface area contributed by atoms with Gasteiger partial charge >= 0.3 is 11.9 Å². The SMILES string of the molecule is CC/C=C\C/C=C\C/C=C\C/C=C\C/C=C\CCCC(=O)OCC(COCCCCCCCC)OC(=O)CCCCCCC. The van der Waals surface area contributed by atoms with E-state index in [1.54, 1.807) is 0 Å². The topological polar surface area (TPSA) is 61.8 Å². The molecule has 0 N–H and O–H groups in total. The van der Waals surface area contributed by atoms with Gasteiger partial charge in [-0.3, -0.25) is 9.59 Å². The first-order valence-electron chi connectivity index (χ1n) is 17.8. The average Bonchev–Trinajstić information content (AvgIpc) is 3.02. The van der Waals surface area contributed by atoms with Crippen molar-refractivity contribution in [3.05, 3.63) is 60.8 Å². The number of allylic oxidation sites excluding steroid dienone is 10. The van der Waals surface area contributed by atoms with Gasteiger partial charge in [-0.2, -0.15) is 0 Å². The van der Waals surface area contributed by atoms with Gasteiger partial charge in [-0.05, 0) is 57.8 Å². The van der Waals surface area contributed by atoms with Crippen molar-refractivity contribution in [3.63, 3.8) is 0 Å². The van der Waals surface area contributed by atoms with Crippen LogP contribution in [0.1, 0.15) is 149 Å². The highest BCUT2D eigenvalue weighted by atomic mass is 16.6. The van der Waals surface area contributed by atoms with Crippen LogP contribution in [0.15, 0.2) is 60.8 Å². The van der Waals surface area contributed by atoms with Gasteiger partial charge in [-0.15, -0.1) is 0 Å². The maximum Gasteiger partial charge on any atom is 0.306 e. The molecule has 0 heterocycles. The average molecular weight is 615 g/mol. The molecule has 252 valence electrons. The number of carbonyl (C=O) groups excluding carboxylic acids is 2. The summed E-state index contributed by atoms with van der Waals surface area (Å²) in [5.41, 5.74) is 0. The molecule has 0 aliphatic rings. The van der Waals surface area contributed by atoms with Gasteiger partial charge in [0.1, 0.15) is 6.61 Å². The van der Waals surface area contributed by atoms with Crippen molar-refractivity contribution >= 4 is 11.9 Å². The molecule has 0 fully saturated rings. The van der Waals surface area contributed by atoms with E-state index in [4.69, 9.17) is 14.2 Å². The minimum absolute atomic E-state index is 0.0541. The van der Waals surface area contributed by atoms with Gasteiger partial charge in [0.2, 0.25) is 0 Å². The predicted molar refractivity (Wildman–Crippen MR) is 187 cm³/mol. The summed E-state index contributed by atoms with van der Waals surface area (Å²) in [4.78, 5) is 24.7. The smallest absolute Gasteiger partial charge is 0.306 e. The lowest BCUT2D eigenvalue weighted by atomic mass is 10.1. The Bertz CT molecular complexity index is 792. The van der Waals surface area contributed by atoms with Gasteiger partial charge in [0.05, 0.1) is 6.61 Å². The molecule has 1 atom stereocenters. The second kappa shape index (κ2) is 35.1. The molecule has 0 amide bonds. The van der Waals surface area contributed by atoms with E-state index in [1.807, 2.05) is 0 Å². The van der Waals surface area contributed by atoms with E-state index in [9.17, 15) is 9.59 Å². The van der Waals surface area contributed by atoms with Crippen LogP contribution in [0.25, 0.3) is 0 Å². The van der Waals surface area contributed by atoms with E-state index in [1.165, 1.54) is 38.5 Å². The van der Waals surface area contributed by atoms with Crippen molar-refractivity contribution in [1.82, 2.24) is 0 Å². The van der Waals surface area contributed by atoms with Crippen molar-refractivity contribution in [2.45, 2.75) is 155 Å². The summed E-state index contributed by atoms with van der Waals surface area (Å²) >= 11 is 0. The van der Waals surface area contributed by atoms with Crippen LogP contribution in [-0.4, -0.2) is 37.9 Å². The third-order valence-corrected chi connectivity index (χ3v) is 7.07. The fraction of sp³-hybridized carbons (Fsp3) is 0.692. The molecule has 0 aliphatic heterocycles. The highest BCUT2D eigenvalue weighted by molar-refractivity contribution is 5.70. The number of hydrogen-bond acceptors (Lipinski definition) is 5. The van der Waals surface area contributed by atoms with Gasteiger partial charge in [-0.1, -0.05) is 139 Å². The molecule has 0 saturated heterocycles. The summed E-state index contributed by atoms with van der Waals surface area (Å²) in [6.07, 6.45) is 41.1. The first kappa shape index (κ1) is 41.6. The molecule has 1 unspecified atom stereocenters. The van der Waals surface area contributed by atoms with Crippen LogP contribution in [-0.2, 0) is 23.8 Å². The summed E-state index contributed by atoms with van der Waals surface area (Å²) in [6.45, 7) is 7.50. The van der Waals surface area contributed by atoms with Gasteiger partial charge in [0.15, 0.2) is 6.10 Å². The van der Waals surface area contributed by atoms with Crippen LogP contribution >= 0.6 is 0 Å². The van der Waals surface area contributed by atoms with E-state index in [2.05, 4.69) is 81.5 Å². The molecule has 0 aliphatic carbocycles. The predicted octanol–water partition coefficient (Wildman–Crippen LogP) is 11.1. The molecule has 0 bridgehead atoms. The lowest BCUT2D eigenvalue weighted by Crippen LogP contribution is -2.30. The quantitative estimate of drug-likeness (QED) is 0.0441. The van der Waals surface area contributed by atoms with Gasteiger partial charge < -0.3 is 14.2 Å². The number of hydrogen-bond donors (Lipinski definition) is 0. The van der Waals surface area contributed by atoms with Crippen molar-refractivity contribution < 1.29 is 23.8 Å². The molecule has 0 saturated carbocycles. The van der Waals surface area contributed by atoms with Crippen molar-refractivity contribution in [2.24, 2.45) is 0 Å². The Morgan fingerprint density at radius 2 is 1.02 bits per heavy atom. The summed E-state index contributed by atoms with van der Waals surface area (Å²) in [5.74, 6) is -0.488.